The zero-order valence-corrected chi connectivity index (χ0v) is 16.3. The fourth-order valence-electron chi connectivity index (χ4n) is 3.10. The van der Waals surface area contributed by atoms with Crippen molar-refractivity contribution in [1.29, 1.82) is 0 Å². The maximum atomic E-state index is 12.9. The van der Waals surface area contributed by atoms with E-state index in [0.717, 1.165) is 23.4 Å². The quantitative estimate of drug-likeness (QED) is 0.727. The number of primary sulfonamides is 1. The summed E-state index contributed by atoms with van der Waals surface area (Å²) in [6, 6.07) is 12.1. The lowest BCUT2D eigenvalue weighted by Gasteiger charge is -2.19. The highest BCUT2D eigenvalue weighted by molar-refractivity contribution is 7.89. The summed E-state index contributed by atoms with van der Waals surface area (Å²) in [5, 5.41) is 5.19. The number of hydrogen-bond donors (Lipinski definition) is 1. The Morgan fingerprint density at radius 1 is 1.22 bits per heavy atom. The Kier molecular flexibility index (Phi) is 5.03. The van der Waals surface area contributed by atoms with Crippen molar-refractivity contribution < 1.29 is 13.2 Å². The Labute approximate surface area is 158 Å². The lowest BCUT2D eigenvalue weighted by molar-refractivity contribution is 0.0779. The Bertz CT molecular complexity index is 1120. The molecular weight excluding hydrogens is 364 g/mol. The van der Waals surface area contributed by atoms with Crippen molar-refractivity contribution in [1.82, 2.24) is 14.5 Å². The van der Waals surface area contributed by atoms with Crippen LogP contribution in [0.5, 0.6) is 0 Å². The number of aromatic nitrogens is 2. The molecule has 0 aliphatic rings. The Balaban J connectivity index is 1.93. The molecule has 3 rings (SSSR count). The van der Waals surface area contributed by atoms with E-state index in [1.807, 2.05) is 31.2 Å². The molecule has 8 heteroatoms. The molecule has 7 nitrogen and oxygen atoms in total. The van der Waals surface area contributed by atoms with Crippen molar-refractivity contribution in [3.05, 3.63) is 59.4 Å². The number of rotatable bonds is 5. The van der Waals surface area contributed by atoms with Crippen molar-refractivity contribution in [2.24, 2.45) is 5.14 Å². The molecule has 0 bridgehead atoms. The third kappa shape index (κ3) is 3.72. The predicted octanol–water partition coefficient (Wildman–Crippen LogP) is 2.28. The first kappa shape index (κ1) is 19.1. The van der Waals surface area contributed by atoms with Crippen LogP contribution in [0, 0.1) is 6.92 Å². The van der Waals surface area contributed by atoms with E-state index < -0.39 is 10.0 Å². The molecule has 0 radical (unpaired) electrons. The monoisotopic (exact) mass is 386 g/mol. The van der Waals surface area contributed by atoms with Gasteiger partial charge in [-0.05, 0) is 43.7 Å². The molecule has 27 heavy (non-hydrogen) atoms. The van der Waals surface area contributed by atoms with Gasteiger partial charge in [0.2, 0.25) is 10.0 Å². The fraction of sp³-hybridized carbons (Fsp3) is 0.263. The van der Waals surface area contributed by atoms with Gasteiger partial charge in [0.05, 0.1) is 22.5 Å². The number of nitrogens with zero attached hydrogens (tertiary/aromatic N) is 3. The van der Waals surface area contributed by atoms with Gasteiger partial charge in [0.25, 0.3) is 5.91 Å². The van der Waals surface area contributed by atoms with Crippen LogP contribution in [0.25, 0.3) is 11.0 Å². The van der Waals surface area contributed by atoms with E-state index >= 15 is 0 Å². The first-order chi connectivity index (χ1) is 12.7. The fourth-order valence-corrected chi connectivity index (χ4v) is 3.64. The van der Waals surface area contributed by atoms with E-state index in [1.165, 1.54) is 17.0 Å². The summed E-state index contributed by atoms with van der Waals surface area (Å²) in [5.41, 5.74) is 2.89. The van der Waals surface area contributed by atoms with Gasteiger partial charge < -0.3 is 9.47 Å². The van der Waals surface area contributed by atoms with Crippen molar-refractivity contribution in [3.8, 4) is 0 Å². The van der Waals surface area contributed by atoms with Gasteiger partial charge in [-0.1, -0.05) is 18.2 Å². The highest BCUT2D eigenvalue weighted by atomic mass is 32.2. The third-order valence-corrected chi connectivity index (χ3v) is 5.45. The van der Waals surface area contributed by atoms with Crippen LogP contribution in [0.3, 0.4) is 0 Å². The molecule has 0 aliphatic carbocycles. The second-order valence-corrected chi connectivity index (χ2v) is 8.01. The van der Waals surface area contributed by atoms with Crippen molar-refractivity contribution in [2.45, 2.75) is 31.8 Å². The van der Waals surface area contributed by atoms with Gasteiger partial charge >= 0.3 is 0 Å². The van der Waals surface area contributed by atoms with Gasteiger partial charge in [0, 0.05) is 19.2 Å². The Hall–Kier alpha value is -2.71. The van der Waals surface area contributed by atoms with Crippen LogP contribution in [0.2, 0.25) is 0 Å². The first-order valence-electron chi connectivity index (χ1n) is 8.55. The summed E-state index contributed by atoms with van der Waals surface area (Å²) in [7, 11) is -2.20. The SMILES string of the molecule is CCn1c(CN(C)C(=O)c2cc(S(N)(=O)=O)ccc2C)nc2ccccc21. The number of aryl methyl sites for hydroxylation is 2. The number of nitrogens with two attached hydrogens (primary N) is 1. The summed E-state index contributed by atoms with van der Waals surface area (Å²) in [4.78, 5) is 19.0. The molecule has 1 aromatic heterocycles. The average Bonchev–Trinajstić information content (AvgIpc) is 2.97. The minimum absolute atomic E-state index is 0.0781. The summed E-state index contributed by atoms with van der Waals surface area (Å²) in [6.07, 6.45) is 0. The molecule has 2 N–H and O–H groups in total. The molecule has 142 valence electrons. The number of fused-ring (bicyclic) bond motifs is 1. The molecule has 2 aromatic carbocycles. The topological polar surface area (TPSA) is 98.3 Å². The van der Waals surface area contributed by atoms with Gasteiger partial charge in [-0.3, -0.25) is 4.79 Å². The van der Waals surface area contributed by atoms with E-state index in [1.54, 1.807) is 20.0 Å². The molecular formula is C19H22N4O3S. The normalized spacial score (nSPS) is 11.7. The van der Waals surface area contributed by atoms with Crippen molar-refractivity contribution in [2.75, 3.05) is 7.05 Å². The van der Waals surface area contributed by atoms with Crippen LogP contribution in [0.4, 0.5) is 0 Å². The predicted molar refractivity (Wildman–Crippen MR) is 104 cm³/mol. The smallest absolute Gasteiger partial charge is 0.254 e. The van der Waals surface area contributed by atoms with E-state index in [9.17, 15) is 13.2 Å². The second kappa shape index (κ2) is 7.13. The molecule has 0 unspecified atom stereocenters. The van der Waals surface area contributed by atoms with Gasteiger partial charge in [0.15, 0.2) is 0 Å². The number of para-hydroxylation sites is 2. The zero-order valence-electron chi connectivity index (χ0n) is 15.5. The zero-order chi connectivity index (χ0) is 19.8. The third-order valence-electron chi connectivity index (χ3n) is 4.54. The summed E-state index contributed by atoms with van der Waals surface area (Å²) >= 11 is 0. The summed E-state index contributed by atoms with van der Waals surface area (Å²) in [5.74, 6) is 0.488. The van der Waals surface area contributed by atoms with E-state index in [0.29, 0.717) is 17.7 Å². The Morgan fingerprint density at radius 2 is 1.93 bits per heavy atom. The van der Waals surface area contributed by atoms with Gasteiger partial charge in [-0.25, -0.2) is 18.5 Å². The number of sulfonamides is 1. The maximum absolute atomic E-state index is 12.9. The number of benzene rings is 2. The highest BCUT2D eigenvalue weighted by Crippen LogP contribution is 2.20. The molecule has 0 aliphatic heterocycles. The molecule has 0 saturated heterocycles. The number of carbonyl (C=O) groups is 1. The molecule has 0 spiro atoms. The standard InChI is InChI=1S/C19H22N4O3S/c1-4-23-17-8-6-5-7-16(17)21-18(23)12-22(3)19(24)15-11-14(27(20,25)26)10-9-13(15)2/h5-11H,4,12H2,1-3H3,(H2,20,25,26). The summed E-state index contributed by atoms with van der Waals surface area (Å²) in [6.45, 7) is 4.83. The molecule has 1 amide bonds. The first-order valence-corrected chi connectivity index (χ1v) is 10.1. The van der Waals surface area contributed by atoms with Crippen LogP contribution in [-0.4, -0.2) is 35.8 Å². The van der Waals surface area contributed by atoms with Gasteiger partial charge in [-0.15, -0.1) is 0 Å². The molecule has 0 fully saturated rings. The average molecular weight is 386 g/mol. The van der Waals surface area contributed by atoms with E-state index in [-0.39, 0.29) is 10.8 Å². The largest absolute Gasteiger partial charge is 0.334 e. The van der Waals surface area contributed by atoms with Crippen LogP contribution in [0.15, 0.2) is 47.4 Å². The minimum Gasteiger partial charge on any atom is -0.334 e. The lowest BCUT2D eigenvalue weighted by atomic mass is 10.1. The highest BCUT2D eigenvalue weighted by Gasteiger charge is 2.20. The van der Waals surface area contributed by atoms with Crippen LogP contribution >= 0.6 is 0 Å². The number of carbonyl (C=O) groups excluding carboxylic acids is 1. The molecule has 0 saturated carbocycles. The summed E-state index contributed by atoms with van der Waals surface area (Å²) < 4.78 is 25.3. The van der Waals surface area contributed by atoms with Crippen LogP contribution in [0.1, 0.15) is 28.7 Å². The molecule has 0 atom stereocenters. The molecule has 1 heterocycles. The van der Waals surface area contributed by atoms with Crippen LogP contribution < -0.4 is 5.14 Å². The minimum atomic E-state index is -3.88. The van der Waals surface area contributed by atoms with E-state index in [4.69, 9.17) is 5.14 Å². The van der Waals surface area contributed by atoms with Crippen LogP contribution in [-0.2, 0) is 23.1 Å². The second-order valence-electron chi connectivity index (χ2n) is 6.44. The number of amides is 1. The maximum Gasteiger partial charge on any atom is 0.254 e. The van der Waals surface area contributed by atoms with Gasteiger partial charge in [0.1, 0.15) is 5.82 Å². The molecule has 3 aromatic rings. The van der Waals surface area contributed by atoms with E-state index in [2.05, 4.69) is 9.55 Å². The van der Waals surface area contributed by atoms with Crippen molar-refractivity contribution in [3.63, 3.8) is 0 Å². The lowest BCUT2D eigenvalue weighted by Crippen LogP contribution is -2.28. The van der Waals surface area contributed by atoms with Crippen molar-refractivity contribution >= 4 is 27.0 Å². The van der Waals surface area contributed by atoms with Gasteiger partial charge in [-0.2, -0.15) is 0 Å². The number of hydrogen-bond acceptors (Lipinski definition) is 4. The number of imidazole rings is 1. The Morgan fingerprint density at radius 3 is 2.59 bits per heavy atom.